The molecule has 1 heterocycles. The van der Waals surface area contributed by atoms with Crippen LogP contribution in [0.2, 0.25) is 0 Å². The van der Waals surface area contributed by atoms with Gasteiger partial charge in [-0.2, -0.15) is 0 Å². The molecule has 3 aromatic rings. The molecule has 0 fully saturated rings. The van der Waals surface area contributed by atoms with Crippen LogP contribution in [-0.4, -0.2) is 25.0 Å². The molecule has 0 aromatic heterocycles. The molecule has 0 aliphatic carbocycles. The lowest BCUT2D eigenvalue weighted by molar-refractivity contribution is 0.215. The molecule has 4 rings (SSSR count). The molecule has 3 N–H and O–H groups in total. The monoisotopic (exact) mass is 401 g/mol. The van der Waals surface area contributed by atoms with E-state index in [4.69, 9.17) is 15.2 Å². The maximum Gasteiger partial charge on any atom is 0.162 e. The van der Waals surface area contributed by atoms with Gasteiger partial charge in [-0.15, -0.1) is 0 Å². The minimum atomic E-state index is -0.252. The highest BCUT2D eigenvalue weighted by molar-refractivity contribution is 5.89. The van der Waals surface area contributed by atoms with Crippen molar-refractivity contribution < 1.29 is 9.47 Å². The van der Waals surface area contributed by atoms with Crippen LogP contribution >= 0.6 is 0 Å². The van der Waals surface area contributed by atoms with E-state index in [1.165, 1.54) is 0 Å². The van der Waals surface area contributed by atoms with E-state index in [0.717, 1.165) is 41.5 Å². The third-order valence-electron chi connectivity index (χ3n) is 5.23. The van der Waals surface area contributed by atoms with Gasteiger partial charge in [0.2, 0.25) is 0 Å². The number of anilines is 1. The van der Waals surface area contributed by atoms with Crippen LogP contribution in [0.4, 0.5) is 5.69 Å². The Morgan fingerprint density at radius 1 is 0.933 bits per heavy atom. The molecular weight excluding hydrogens is 374 g/mol. The summed E-state index contributed by atoms with van der Waals surface area (Å²) in [6.07, 6.45) is -0.252. The second-order valence-corrected chi connectivity index (χ2v) is 7.41. The first-order valence-corrected chi connectivity index (χ1v) is 10.3. The summed E-state index contributed by atoms with van der Waals surface area (Å²) in [6.45, 7) is 4.22. The average Bonchev–Trinajstić information content (AvgIpc) is 3.32. The van der Waals surface area contributed by atoms with Gasteiger partial charge in [-0.3, -0.25) is 4.99 Å². The zero-order chi connectivity index (χ0) is 20.8. The number of ether oxygens (including phenoxy) is 2. The number of aliphatic imine (C=N–C) groups is 1. The fourth-order valence-corrected chi connectivity index (χ4v) is 3.51. The molecule has 5 heteroatoms. The quantitative estimate of drug-likeness (QED) is 0.549. The lowest BCUT2D eigenvalue weighted by Crippen LogP contribution is -2.39. The third-order valence-corrected chi connectivity index (χ3v) is 5.23. The largest absolute Gasteiger partial charge is 0.485 e. The first-order chi connectivity index (χ1) is 14.7. The van der Waals surface area contributed by atoms with Crippen molar-refractivity contribution in [2.45, 2.75) is 25.6 Å². The van der Waals surface area contributed by atoms with Crippen LogP contribution in [0, 0.1) is 0 Å². The molecule has 0 spiro atoms. The van der Waals surface area contributed by atoms with Crippen molar-refractivity contribution in [3.63, 3.8) is 0 Å². The minimum Gasteiger partial charge on any atom is -0.485 e. The van der Waals surface area contributed by atoms with Crippen LogP contribution in [0.15, 0.2) is 83.9 Å². The summed E-state index contributed by atoms with van der Waals surface area (Å²) in [5.74, 6) is 2.38. The molecule has 0 saturated heterocycles. The summed E-state index contributed by atoms with van der Waals surface area (Å²) in [6, 6.07) is 25.8. The summed E-state index contributed by atoms with van der Waals surface area (Å²) in [4.78, 5) is 4.63. The number of benzene rings is 3. The number of hydrogen-bond donors (Lipinski definition) is 2. The molecule has 5 nitrogen and oxygen atoms in total. The number of nitrogens with one attached hydrogen (secondary N) is 1. The Morgan fingerprint density at radius 3 is 2.33 bits per heavy atom. The Kier molecular flexibility index (Phi) is 6.18. The molecular formula is C25H27N3O2. The Morgan fingerprint density at radius 2 is 1.63 bits per heavy atom. The predicted molar refractivity (Wildman–Crippen MR) is 121 cm³/mol. The van der Waals surface area contributed by atoms with Crippen molar-refractivity contribution >= 4 is 11.5 Å². The van der Waals surface area contributed by atoms with Gasteiger partial charge in [0.15, 0.2) is 17.6 Å². The number of nitrogens with two attached hydrogens (primary N) is 1. The summed E-state index contributed by atoms with van der Waals surface area (Å²) >= 11 is 0. The summed E-state index contributed by atoms with van der Waals surface area (Å²) < 4.78 is 12.6. The fourth-order valence-electron chi connectivity index (χ4n) is 3.51. The molecule has 2 unspecified atom stereocenters. The Hall–Kier alpha value is -3.47. The smallest absolute Gasteiger partial charge is 0.162 e. The molecule has 3 aromatic carbocycles. The van der Waals surface area contributed by atoms with Gasteiger partial charge in [-0.1, -0.05) is 61.5 Å². The maximum absolute atomic E-state index is 6.51. The Labute approximate surface area is 177 Å². The van der Waals surface area contributed by atoms with Crippen LogP contribution in [0.25, 0.3) is 0 Å². The van der Waals surface area contributed by atoms with Crippen LogP contribution in [0.3, 0.4) is 0 Å². The molecule has 30 heavy (non-hydrogen) atoms. The predicted octanol–water partition coefficient (Wildman–Crippen LogP) is 4.40. The molecule has 154 valence electrons. The Balaban J connectivity index is 1.56. The number of amidine groups is 1. The Bertz CT molecular complexity index is 987. The summed E-state index contributed by atoms with van der Waals surface area (Å²) in [5, 5.41) is 3.38. The van der Waals surface area contributed by atoms with E-state index >= 15 is 0 Å². The van der Waals surface area contributed by atoms with E-state index in [1.54, 1.807) is 0 Å². The molecule has 0 saturated carbocycles. The van der Waals surface area contributed by atoms with Crippen molar-refractivity contribution in [2.24, 2.45) is 4.99 Å². The van der Waals surface area contributed by atoms with E-state index in [2.05, 4.69) is 17.2 Å². The maximum atomic E-state index is 6.51. The van der Waals surface area contributed by atoms with Crippen LogP contribution in [-0.2, 0) is 6.61 Å². The molecule has 0 radical (unpaired) electrons. The van der Waals surface area contributed by atoms with Gasteiger partial charge in [0.25, 0.3) is 0 Å². The van der Waals surface area contributed by atoms with Crippen molar-refractivity contribution in [2.75, 3.05) is 18.8 Å². The topological polar surface area (TPSA) is 68.9 Å². The third kappa shape index (κ3) is 4.74. The van der Waals surface area contributed by atoms with Gasteiger partial charge in [-0.25, -0.2) is 0 Å². The molecule has 1 aliphatic heterocycles. The van der Waals surface area contributed by atoms with E-state index in [0.29, 0.717) is 12.4 Å². The molecule has 0 bridgehead atoms. The zero-order valence-electron chi connectivity index (χ0n) is 17.1. The minimum absolute atomic E-state index is 0.0807. The fraction of sp³-hybridized carbons (Fsp3) is 0.240. The number of hydrogen-bond acceptors (Lipinski definition) is 5. The number of nitrogen functional groups attached to an aromatic ring is 1. The lowest BCUT2D eigenvalue weighted by Gasteiger charge is -2.27. The number of nitrogens with zero attached hydrogens (tertiary/aromatic N) is 1. The van der Waals surface area contributed by atoms with Gasteiger partial charge in [0.1, 0.15) is 12.4 Å². The summed E-state index contributed by atoms with van der Waals surface area (Å²) in [5.41, 5.74) is 8.87. The van der Waals surface area contributed by atoms with E-state index in [1.807, 2.05) is 78.9 Å². The standard InChI is InChI=1S/C25H27N3O2/c1-18(20-11-13-21(26)14-12-20)24(25-27-15-16-28-25)30-23-10-6-5-9-22(23)29-17-19-7-3-2-4-8-19/h2-14,18,24H,15-17,26H2,1H3,(H,27,28). The first-order valence-electron chi connectivity index (χ1n) is 10.3. The number of para-hydroxylation sites is 2. The van der Waals surface area contributed by atoms with Crippen LogP contribution in [0.5, 0.6) is 11.5 Å². The van der Waals surface area contributed by atoms with Gasteiger partial charge in [-0.05, 0) is 35.4 Å². The van der Waals surface area contributed by atoms with Gasteiger partial charge in [0.05, 0.1) is 6.54 Å². The molecule has 0 amide bonds. The highest BCUT2D eigenvalue weighted by atomic mass is 16.5. The van der Waals surface area contributed by atoms with Crippen molar-refractivity contribution in [1.29, 1.82) is 0 Å². The molecule has 1 aliphatic rings. The van der Waals surface area contributed by atoms with Crippen molar-refractivity contribution in [3.8, 4) is 11.5 Å². The van der Waals surface area contributed by atoms with Gasteiger partial charge >= 0.3 is 0 Å². The highest BCUT2D eigenvalue weighted by Crippen LogP contribution is 2.32. The van der Waals surface area contributed by atoms with E-state index < -0.39 is 0 Å². The first kappa shape index (κ1) is 19.8. The second kappa shape index (κ2) is 9.35. The normalized spacial score (nSPS) is 15.0. The average molecular weight is 402 g/mol. The van der Waals surface area contributed by atoms with Crippen molar-refractivity contribution in [1.82, 2.24) is 5.32 Å². The van der Waals surface area contributed by atoms with Crippen LogP contribution < -0.4 is 20.5 Å². The van der Waals surface area contributed by atoms with Crippen LogP contribution in [0.1, 0.15) is 24.0 Å². The number of rotatable bonds is 8. The van der Waals surface area contributed by atoms with E-state index in [9.17, 15) is 0 Å². The molecule has 2 atom stereocenters. The second-order valence-electron chi connectivity index (χ2n) is 7.41. The highest BCUT2D eigenvalue weighted by Gasteiger charge is 2.29. The summed E-state index contributed by atoms with van der Waals surface area (Å²) in [7, 11) is 0. The zero-order valence-corrected chi connectivity index (χ0v) is 17.1. The van der Waals surface area contributed by atoms with Gasteiger partial charge in [0, 0.05) is 18.2 Å². The lowest BCUT2D eigenvalue weighted by atomic mass is 9.94. The SMILES string of the molecule is CC(c1ccc(N)cc1)C(Oc1ccccc1OCc1ccccc1)C1=NCCN1. The van der Waals surface area contributed by atoms with Crippen molar-refractivity contribution in [3.05, 3.63) is 90.0 Å². The van der Waals surface area contributed by atoms with Gasteiger partial charge < -0.3 is 20.5 Å². The van der Waals surface area contributed by atoms with E-state index in [-0.39, 0.29) is 12.0 Å².